The molecule has 0 aliphatic rings. The van der Waals surface area contributed by atoms with Crippen LogP contribution >= 0.6 is 11.3 Å². The highest BCUT2D eigenvalue weighted by atomic mass is 32.1. The molecule has 126 valence electrons. The van der Waals surface area contributed by atoms with Crippen molar-refractivity contribution in [2.75, 3.05) is 19.0 Å². The highest BCUT2D eigenvalue weighted by Crippen LogP contribution is 2.24. The van der Waals surface area contributed by atoms with Crippen LogP contribution in [0.3, 0.4) is 0 Å². The van der Waals surface area contributed by atoms with E-state index < -0.39 is 0 Å². The smallest absolute Gasteiger partial charge is 0.231 e. The van der Waals surface area contributed by atoms with Crippen LogP contribution in [0.4, 0.5) is 5.82 Å². The number of ether oxygens (including phenoxy) is 1. The van der Waals surface area contributed by atoms with E-state index in [2.05, 4.69) is 15.4 Å². The summed E-state index contributed by atoms with van der Waals surface area (Å²) in [5.41, 5.74) is 1.55. The molecular formula is C16H18N4O3S. The third-order valence-electron chi connectivity index (χ3n) is 3.42. The van der Waals surface area contributed by atoms with Gasteiger partial charge in [0.2, 0.25) is 11.8 Å². The second-order valence-corrected chi connectivity index (χ2v) is 6.00. The zero-order valence-corrected chi connectivity index (χ0v) is 14.3. The average Bonchev–Trinajstić information content (AvgIpc) is 3.28. The van der Waals surface area contributed by atoms with Crippen LogP contribution in [-0.4, -0.2) is 34.4 Å². The Balaban J connectivity index is 1.62. The Morgan fingerprint density at radius 1 is 1.46 bits per heavy atom. The van der Waals surface area contributed by atoms with E-state index in [1.54, 1.807) is 35.4 Å². The normalized spacial score (nSPS) is 10.9. The zero-order chi connectivity index (χ0) is 16.9. The summed E-state index contributed by atoms with van der Waals surface area (Å²) in [6.45, 7) is 3.02. The summed E-state index contributed by atoms with van der Waals surface area (Å²) in [5, 5.41) is 10.9. The molecule has 0 atom stereocenters. The molecule has 7 nitrogen and oxygen atoms in total. The van der Waals surface area contributed by atoms with E-state index in [0.717, 1.165) is 5.56 Å². The minimum Gasteiger partial charge on any atom is -0.441 e. The number of carbonyl (C=O) groups excluding carboxylic acids is 1. The molecule has 3 aromatic rings. The Kier molecular flexibility index (Phi) is 5.07. The number of oxazole rings is 1. The van der Waals surface area contributed by atoms with Gasteiger partial charge in [-0.15, -0.1) is 0 Å². The van der Waals surface area contributed by atoms with Gasteiger partial charge in [0, 0.05) is 30.3 Å². The summed E-state index contributed by atoms with van der Waals surface area (Å²) < 4.78 is 12.4. The monoisotopic (exact) mass is 346 g/mol. The van der Waals surface area contributed by atoms with E-state index in [4.69, 9.17) is 9.15 Å². The van der Waals surface area contributed by atoms with Crippen LogP contribution in [0, 0.1) is 6.92 Å². The molecule has 24 heavy (non-hydrogen) atoms. The highest BCUT2D eigenvalue weighted by Gasteiger charge is 2.15. The van der Waals surface area contributed by atoms with Crippen molar-refractivity contribution in [2.45, 2.75) is 19.9 Å². The van der Waals surface area contributed by atoms with E-state index in [-0.39, 0.29) is 12.3 Å². The maximum absolute atomic E-state index is 12.2. The van der Waals surface area contributed by atoms with Crippen molar-refractivity contribution < 1.29 is 13.9 Å². The van der Waals surface area contributed by atoms with Gasteiger partial charge < -0.3 is 14.5 Å². The maximum Gasteiger partial charge on any atom is 0.231 e. The van der Waals surface area contributed by atoms with Gasteiger partial charge in [-0.2, -0.15) is 16.4 Å². The van der Waals surface area contributed by atoms with Gasteiger partial charge in [0.1, 0.15) is 5.76 Å². The standard InChI is InChI=1S/C16H18N4O3S/c1-11-13(17-16(23-11)12-4-8-24-10-12)9-15(21)18-14-3-5-20(19-14)6-7-22-2/h3-5,8,10H,6-7,9H2,1-2H3,(H,18,19,21). The first kappa shape index (κ1) is 16.4. The molecule has 0 saturated carbocycles. The molecule has 0 radical (unpaired) electrons. The maximum atomic E-state index is 12.2. The molecule has 3 heterocycles. The minimum atomic E-state index is -0.180. The lowest BCUT2D eigenvalue weighted by atomic mass is 10.2. The fourth-order valence-corrected chi connectivity index (χ4v) is 2.81. The summed E-state index contributed by atoms with van der Waals surface area (Å²) >= 11 is 1.57. The number of rotatable bonds is 7. The molecule has 0 aliphatic carbocycles. The van der Waals surface area contributed by atoms with Crippen LogP contribution in [-0.2, 0) is 22.5 Å². The lowest BCUT2D eigenvalue weighted by Gasteiger charge is -2.01. The molecule has 8 heteroatoms. The third-order valence-corrected chi connectivity index (χ3v) is 4.10. The van der Waals surface area contributed by atoms with E-state index in [9.17, 15) is 4.79 Å². The second-order valence-electron chi connectivity index (χ2n) is 5.22. The molecule has 0 fully saturated rings. The Hall–Kier alpha value is -2.45. The fraction of sp³-hybridized carbons (Fsp3) is 0.312. The number of thiophene rings is 1. The average molecular weight is 346 g/mol. The quantitative estimate of drug-likeness (QED) is 0.711. The van der Waals surface area contributed by atoms with Gasteiger partial charge in [0.25, 0.3) is 0 Å². The van der Waals surface area contributed by atoms with Crippen molar-refractivity contribution in [2.24, 2.45) is 0 Å². The van der Waals surface area contributed by atoms with Crippen molar-refractivity contribution in [1.82, 2.24) is 14.8 Å². The first-order chi connectivity index (χ1) is 11.7. The molecule has 0 saturated heterocycles. The van der Waals surface area contributed by atoms with Gasteiger partial charge in [-0.05, 0) is 18.4 Å². The van der Waals surface area contributed by atoms with Crippen molar-refractivity contribution in [1.29, 1.82) is 0 Å². The molecule has 0 spiro atoms. The summed E-state index contributed by atoms with van der Waals surface area (Å²) in [5.74, 6) is 1.52. The summed E-state index contributed by atoms with van der Waals surface area (Å²) in [6, 6.07) is 3.69. The summed E-state index contributed by atoms with van der Waals surface area (Å²) in [7, 11) is 1.64. The number of nitrogens with one attached hydrogen (secondary N) is 1. The number of aryl methyl sites for hydroxylation is 1. The van der Waals surface area contributed by atoms with Crippen LogP contribution in [0.1, 0.15) is 11.5 Å². The largest absolute Gasteiger partial charge is 0.441 e. The number of aromatic nitrogens is 3. The zero-order valence-electron chi connectivity index (χ0n) is 13.5. The third kappa shape index (κ3) is 3.90. The predicted octanol–water partition coefficient (Wildman–Crippen LogP) is 2.74. The molecule has 0 aliphatic heterocycles. The van der Waals surface area contributed by atoms with Gasteiger partial charge in [0.15, 0.2) is 5.82 Å². The number of methoxy groups -OCH3 is 1. The first-order valence-corrected chi connectivity index (χ1v) is 8.41. The van der Waals surface area contributed by atoms with Gasteiger partial charge >= 0.3 is 0 Å². The van der Waals surface area contributed by atoms with Crippen molar-refractivity contribution >= 4 is 23.1 Å². The van der Waals surface area contributed by atoms with Gasteiger partial charge in [-0.1, -0.05) is 0 Å². The fourth-order valence-electron chi connectivity index (χ4n) is 2.18. The van der Waals surface area contributed by atoms with Gasteiger partial charge in [-0.3, -0.25) is 9.48 Å². The second kappa shape index (κ2) is 7.41. The number of nitrogens with zero attached hydrogens (tertiary/aromatic N) is 3. The molecule has 3 aromatic heterocycles. The van der Waals surface area contributed by atoms with Crippen LogP contribution in [0.15, 0.2) is 33.5 Å². The summed E-state index contributed by atoms with van der Waals surface area (Å²) in [4.78, 5) is 16.6. The number of hydrogen-bond acceptors (Lipinski definition) is 6. The predicted molar refractivity (Wildman–Crippen MR) is 91.0 cm³/mol. The SMILES string of the molecule is COCCn1ccc(NC(=O)Cc2nc(-c3ccsc3)oc2C)n1. The van der Waals surface area contributed by atoms with E-state index in [0.29, 0.717) is 36.3 Å². The topological polar surface area (TPSA) is 82.2 Å². The lowest BCUT2D eigenvalue weighted by molar-refractivity contribution is -0.115. The molecule has 3 rings (SSSR count). The molecule has 0 unspecified atom stereocenters. The number of amides is 1. The van der Waals surface area contributed by atoms with Crippen molar-refractivity contribution in [3.05, 3.63) is 40.5 Å². The van der Waals surface area contributed by atoms with Crippen LogP contribution in [0.2, 0.25) is 0 Å². The molecular weight excluding hydrogens is 328 g/mol. The Morgan fingerprint density at radius 2 is 2.33 bits per heavy atom. The van der Waals surface area contributed by atoms with Gasteiger partial charge in [-0.25, -0.2) is 4.98 Å². The lowest BCUT2D eigenvalue weighted by Crippen LogP contribution is -2.16. The van der Waals surface area contributed by atoms with E-state index in [1.165, 1.54) is 0 Å². The Bertz CT molecular complexity index is 807. The highest BCUT2D eigenvalue weighted by molar-refractivity contribution is 7.08. The number of anilines is 1. The molecule has 1 N–H and O–H groups in total. The number of hydrogen-bond donors (Lipinski definition) is 1. The first-order valence-electron chi connectivity index (χ1n) is 7.47. The summed E-state index contributed by atoms with van der Waals surface area (Å²) in [6.07, 6.45) is 1.94. The van der Waals surface area contributed by atoms with Crippen LogP contribution < -0.4 is 5.32 Å². The minimum absolute atomic E-state index is 0.143. The van der Waals surface area contributed by atoms with E-state index >= 15 is 0 Å². The Morgan fingerprint density at radius 3 is 3.08 bits per heavy atom. The molecule has 0 bridgehead atoms. The molecule has 0 aromatic carbocycles. The Labute approximate surface area is 143 Å². The van der Waals surface area contributed by atoms with Crippen LogP contribution in [0.25, 0.3) is 11.5 Å². The van der Waals surface area contributed by atoms with Crippen molar-refractivity contribution in [3.8, 4) is 11.5 Å². The van der Waals surface area contributed by atoms with E-state index in [1.807, 2.05) is 23.8 Å². The number of carbonyl (C=O) groups is 1. The van der Waals surface area contributed by atoms with Gasteiger partial charge in [0.05, 0.1) is 25.3 Å². The van der Waals surface area contributed by atoms with Crippen LogP contribution in [0.5, 0.6) is 0 Å². The molecule has 1 amide bonds. The van der Waals surface area contributed by atoms with Crippen molar-refractivity contribution in [3.63, 3.8) is 0 Å².